The van der Waals surface area contributed by atoms with E-state index in [1.807, 2.05) is 0 Å². The fraction of sp³-hybridized carbons (Fsp3) is 0.667. The van der Waals surface area contributed by atoms with Gasteiger partial charge in [-0.2, -0.15) is 0 Å². The van der Waals surface area contributed by atoms with Crippen LogP contribution in [0.3, 0.4) is 0 Å². The Balaban J connectivity index is 1.61. The zero-order valence-electron chi connectivity index (χ0n) is 12.8. The van der Waals surface area contributed by atoms with Crippen LogP contribution in [0.2, 0.25) is 0 Å². The molecular weight excluding hydrogens is 244 g/mol. The van der Waals surface area contributed by atoms with Crippen LogP contribution >= 0.6 is 0 Å². The summed E-state index contributed by atoms with van der Waals surface area (Å²) in [6.07, 6.45) is 8.23. The van der Waals surface area contributed by atoms with Gasteiger partial charge in [-0.05, 0) is 54.3 Å². The monoisotopic (exact) mass is 272 g/mol. The van der Waals surface area contributed by atoms with Crippen LogP contribution in [-0.2, 0) is 19.5 Å². The van der Waals surface area contributed by atoms with Crippen LogP contribution in [-0.4, -0.2) is 13.1 Å². The topological polar surface area (TPSA) is 24.1 Å². The highest BCUT2D eigenvalue weighted by molar-refractivity contribution is 5.36. The third-order valence-electron chi connectivity index (χ3n) is 5.47. The van der Waals surface area contributed by atoms with Crippen molar-refractivity contribution in [2.45, 2.75) is 58.5 Å². The molecular formula is C18H28N2. The summed E-state index contributed by atoms with van der Waals surface area (Å²) in [5.74, 6) is 0. The Morgan fingerprint density at radius 1 is 1.25 bits per heavy atom. The van der Waals surface area contributed by atoms with Crippen LogP contribution in [0.25, 0.3) is 0 Å². The first-order valence-electron chi connectivity index (χ1n) is 8.34. The first-order chi connectivity index (χ1) is 9.83. The van der Waals surface area contributed by atoms with Crippen LogP contribution in [0.4, 0.5) is 0 Å². The zero-order chi connectivity index (χ0) is 13.8. The number of rotatable bonds is 5. The van der Waals surface area contributed by atoms with Gasteiger partial charge in [-0.3, -0.25) is 0 Å². The molecule has 0 radical (unpaired) electrons. The van der Waals surface area contributed by atoms with Gasteiger partial charge in [-0.1, -0.05) is 38.0 Å². The van der Waals surface area contributed by atoms with Crippen molar-refractivity contribution in [1.29, 1.82) is 0 Å². The maximum absolute atomic E-state index is 3.77. The Morgan fingerprint density at radius 2 is 2.10 bits per heavy atom. The molecule has 2 nitrogen and oxygen atoms in total. The predicted octanol–water partition coefficient (Wildman–Crippen LogP) is 3.39. The third kappa shape index (κ3) is 2.91. The van der Waals surface area contributed by atoms with E-state index in [2.05, 4.69) is 35.8 Å². The Bertz CT molecular complexity index is 447. The molecule has 1 aliphatic carbocycles. The van der Waals surface area contributed by atoms with Crippen molar-refractivity contribution in [3.63, 3.8) is 0 Å². The summed E-state index contributed by atoms with van der Waals surface area (Å²) in [5, 5.41) is 7.23. The molecule has 1 fully saturated rings. The molecule has 0 aromatic heterocycles. The van der Waals surface area contributed by atoms with E-state index in [0.717, 1.165) is 19.6 Å². The summed E-state index contributed by atoms with van der Waals surface area (Å²) in [6, 6.07) is 6.80. The van der Waals surface area contributed by atoms with E-state index in [-0.39, 0.29) is 0 Å². The molecule has 2 N–H and O–H groups in total. The molecule has 0 amide bonds. The zero-order valence-corrected chi connectivity index (χ0v) is 12.8. The van der Waals surface area contributed by atoms with Gasteiger partial charge in [0.25, 0.3) is 0 Å². The molecule has 110 valence electrons. The van der Waals surface area contributed by atoms with E-state index in [4.69, 9.17) is 0 Å². The lowest BCUT2D eigenvalue weighted by atomic mass is 9.83. The lowest BCUT2D eigenvalue weighted by molar-refractivity contribution is 0.268. The molecule has 2 heteroatoms. The van der Waals surface area contributed by atoms with Gasteiger partial charge in [0.1, 0.15) is 0 Å². The number of benzene rings is 1. The van der Waals surface area contributed by atoms with E-state index < -0.39 is 0 Å². The van der Waals surface area contributed by atoms with E-state index in [1.54, 1.807) is 5.56 Å². The van der Waals surface area contributed by atoms with E-state index in [1.165, 1.54) is 56.2 Å². The van der Waals surface area contributed by atoms with Gasteiger partial charge in [-0.15, -0.1) is 0 Å². The number of hydrogen-bond donors (Lipinski definition) is 2. The summed E-state index contributed by atoms with van der Waals surface area (Å²) >= 11 is 0. The molecule has 1 saturated carbocycles. The minimum atomic E-state index is 0.594. The van der Waals surface area contributed by atoms with Gasteiger partial charge in [0.05, 0.1) is 0 Å². The minimum absolute atomic E-state index is 0.594. The first-order valence-corrected chi connectivity index (χ1v) is 8.34. The molecule has 0 saturated heterocycles. The van der Waals surface area contributed by atoms with Gasteiger partial charge >= 0.3 is 0 Å². The summed E-state index contributed by atoms with van der Waals surface area (Å²) in [5.41, 5.74) is 5.21. The minimum Gasteiger partial charge on any atom is -0.312 e. The van der Waals surface area contributed by atoms with Crippen LogP contribution < -0.4 is 10.6 Å². The molecule has 0 spiro atoms. The second kappa shape index (κ2) is 6.28. The standard InChI is InChI=1S/C18H28N2/c1-2-18(9-3-4-10-18)14-20-13-16-7-5-6-15-12-19-11-8-17(15)16/h5-7,19-20H,2-4,8-14H2,1H3. The van der Waals surface area contributed by atoms with E-state index >= 15 is 0 Å². The molecule has 20 heavy (non-hydrogen) atoms. The smallest absolute Gasteiger partial charge is 0.0208 e. The third-order valence-corrected chi connectivity index (χ3v) is 5.47. The Morgan fingerprint density at radius 3 is 2.90 bits per heavy atom. The molecule has 1 aromatic rings. The maximum Gasteiger partial charge on any atom is 0.0208 e. The van der Waals surface area contributed by atoms with Crippen molar-refractivity contribution >= 4 is 0 Å². The van der Waals surface area contributed by atoms with Crippen molar-refractivity contribution in [1.82, 2.24) is 10.6 Å². The summed E-state index contributed by atoms with van der Waals surface area (Å²) < 4.78 is 0. The largest absolute Gasteiger partial charge is 0.312 e. The van der Waals surface area contributed by atoms with Gasteiger partial charge in [0.2, 0.25) is 0 Å². The molecule has 1 aromatic carbocycles. The molecule has 0 bridgehead atoms. The summed E-state index contributed by atoms with van der Waals surface area (Å²) in [4.78, 5) is 0. The van der Waals surface area contributed by atoms with Crippen LogP contribution in [0.15, 0.2) is 18.2 Å². The fourth-order valence-electron chi connectivity index (χ4n) is 4.02. The average molecular weight is 272 g/mol. The molecule has 1 aliphatic heterocycles. The Kier molecular flexibility index (Phi) is 4.42. The Labute approximate surface area is 123 Å². The van der Waals surface area contributed by atoms with Crippen molar-refractivity contribution in [2.24, 2.45) is 5.41 Å². The lowest BCUT2D eigenvalue weighted by Gasteiger charge is -2.28. The highest BCUT2D eigenvalue weighted by atomic mass is 14.9. The quantitative estimate of drug-likeness (QED) is 0.858. The van der Waals surface area contributed by atoms with Gasteiger partial charge in [-0.25, -0.2) is 0 Å². The number of fused-ring (bicyclic) bond motifs is 1. The first kappa shape index (κ1) is 14.1. The number of nitrogens with one attached hydrogen (secondary N) is 2. The highest BCUT2D eigenvalue weighted by Crippen LogP contribution is 2.40. The summed E-state index contributed by atoms with van der Waals surface area (Å²) in [7, 11) is 0. The van der Waals surface area contributed by atoms with Crippen LogP contribution in [0, 0.1) is 5.41 Å². The maximum atomic E-state index is 3.77. The average Bonchev–Trinajstić information content (AvgIpc) is 2.97. The van der Waals surface area contributed by atoms with Crippen molar-refractivity contribution < 1.29 is 0 Å². The number of hydrogen-bond acceptors (Lipinski definition) is 2. The van der Waals surface area contributed by atoms with E-state index in [9.17, 15) is 0 Å². The van der Waals surface area contributed by atoms with E-state index in [0.29, 0.717) is 5.41 Å². The highest BCUT2D eigenvalue weighted by Gasteiger charge is 2.31. The van der Waals surface area contributed by atoms with Gasteiger partial charge in [0.15, 0.2) is 0 Å². The second-order valence-corrected chi connectivity index (χ2v) is 6.65. The van der Waals surface area contributed by atoms with Gasteiger partial charge in [0, 0.05) is 19.6 Å². The predicted molar refractivity (Wildman–Crippen MR) is 84.8 cm³/mol. The molecule has 0 atom stereocenters. The van der Waals surface area contributed by atoms with Crippen LogP contribution in [0.1, 0.15) is 55.7 Å². The second-order valence-electron chi connectivity index (χ2n) is 6.65. The van der Waals surface area contributed by atoms with Crippen molar-refractivity contribution in [2.75, 3.05) is 13.1 Å². The van der Waals surface area contributed by atoms with Crippen LogP contribution in [0.5, 0.6) is 0 Å². The van der Waals surface area contributed by atoms with Crippen molar-refractivity contribution in [3.8, 4) is 0 Å². The molecule has 1 heterocycles. The lowest BCUT2D eigenvalue weighted by Crippen LogP contribution is -2.32. The Hall–Kier alpha value is -0.860. The van der Waals surface area contributed by atoms with Gasteiger partial charge < -0.3 is 10.6 Å². The molecule has 3 rings (SSSR count). The normalized spacial score (nSPS) is 20.9. The molecule has 0 unspecified atom stereocenters. The fourth-order valence-corrected chi connectivity index (χ4v) is 4.02. The summed E-state index contributed by atoms with van der Waals surface area (Å²) in [6.45, 7) is 6.78. The van der Waals surface area contributed by atoms with Crippen molar-refractivity contribution in [3.05, 3.63) is 34.9 Å². The molecule has 2 aliphatic rings. The SMILES string of the molecule is CCC1(CNCc2cccc3c2CCNC3)CCCC1.